The Hall–Kier alpha value is -1.26. The monoisotopic (exact) mass is 298 g/mol. The fraction of sp³-hybridized carbons (Fsp3) is 0.875. The van der Waals surface area contributed by atoms with Crippen molar-refractivity contribution in [2.24, 2.45) is 17.8 Å². The van der Waals surface area contributed by atoms with Gasteiger partial charge in [0, 0.05) is 26.1 Å². The summed E-state index contributed by atoms with van der Waals surface area (Å²) in [7, 11) is 0. The summed E-state index contributed by atoms with van der Waals surface area (Å²) >= 11 is 0. The molecule has 0 radical (unpaired) electrons. The number of nitrogens with zero attached hydrogens (tertiary/aromatic N) is 1. The van der Waals surface area contributed by atoms with Gasteiger partial charge in [-0.25, -0.2) is 4.79 Å². The number of hydrogen-bond donors (Lipinski definition) is 2. The van der Waals surface area contributed by atoms with Gasteiger partial charge >= 0.3 is 12.0 Å². The van der Waals surface area contributed by atoms with Crippen LogP contribution in [0.1, 0.15) is 52.9 Å². The number of carbonyl (C=O) groups excluding carboxylic acids is 1. The van der Waals surface area contributed by atoms with Crippen LogP contribution in [0.2, 0.25) is 0 Å². The van der Waals surface area contributed by atoms with Crippen LogP contribution in [0.15, 0.2) is 0 Å². The summed E-state index contributed by atoms with van der Waals surface area (Å²) in [4.78, 5) is 24.4. The Bertz CT molecular complexity index is 336. The third-order valence-electron chi connectivity index (χ3n) is 4.53. The van der Waals surface area contributed by atoms with E-state index in [0.29, 0.717) is 24.8 Å². The number of carbonyl (C=O) groups is 2. The lowest BCUT2D eigenvalue weighted by atomic mass is 9.87. The molecule has 1 unspecified atom stereocenters. The quantitative estimate of drug-likeness (QED) is 0.759. The molecule has 1 aliphatic rings. The molecular weight excluding hydrogens is 268 g/mol. The molecule has 1 fully saturated rings. The first kappa shape index (κ1) is 17.8. The predicted molar refractivity (Wildman–Crippen MR) is 83.2 cm³/mol. The second-order valence-corrected chi connectivity index (χ2v) is 6.63. The molecule has 2 N–H and O–H groups in total. The maximum absolute atomic E-state index is 12.0. The molecule has 0 bridgehead atoms. The van der Waals surface area contributed by atoms with Crippen LogP contribution in [0.4, 0.5) is 4.79 Å². The standard InChI is InChI=1S/C16H30N2O3/c1-12(2)14-7-10-18(11-8-14)16(21)17-9-6-13(3)4-5-15(19)20/h12-14H,4-11H2,1-3H3,(H,17,21)(H,19,20). The number of carboxylic acid groups (broad SMARTS) is 1. The van der Waals surface area contributed by atoms with E-state index in [4.69, 9.17) is 5.11 Å². The van der Waals surface area contributed by atoms with Crippen molar-refractivity contribution >= 4 is 12.0 Å². The molecule has 1 atom stereocenters. The van der Waals surface area contributed by atoms with E-state index in [9.17, 15) is 9.59 Å². The Morgan fingerprint density at radius 1 is 1.19 bits per heavy atom. The summed E-state index contributed by atoms with van der Waals surface area (Å²) in [5.41, 5.74) is 0. The van der Waals surface area contributed by atoms with Crippen molar-refractivity contribution in [3.63, 3.8) is 0 Å². The van der Waals surface area contributed by atoms with Gasteiger partial charge in [0.1, 0.15) is 0 Å². The molecule has 0 saturated carbocycles. The number of piperidine rings is 1. The zero-order valence-corrected chi connectivity index (χ0v) is 13.6. The van der Waals surface area contributed by atoms with Gasteiger partial charge in [0.05, 0.1) is 0 Å². The zero-order valence-electron chi connectivity index (χ0n) is 13.6. The number of hydrogen-bond acceptors (Lipinski definition) is 2. The van der Waals surface area contributed by atoms with E-state index < -0.39 is 5.97 Å². The zero-order chi connectivity index (χ0) is 15.8. The Labute approximate surface area is 128 Å². The second-order valence-electron chi connectivity index (χ2n) is 6.63. The molecule has 0 aromatic carbocycles. The smallest absolute Gasteiger partial charge is 0.317 e. The molecule has 2 amide bonds. The highest BCUT2D eigenvalue weighted by Crippen LogP contribution is 2.24. The molecule has 5 nitrogen and oxygen atoms in total. The molecule has 1 heterocycles. The van der Waals surface area contributed by atoms with Crippen molar-refractivity contribution in [3.05, 3.63) is 0 Å². The van der Waals surface area contributed by atoms with E-state index in [1.54, 1.807) is 0 Å². The van der Waals surface area contributed by atoms with Gasteiger partial charge in [-0.3, -0.25) is 4.79 Å². The Balaban J connectivity index is 2.15. The minimum atomic E-state index is -0.751. The van der Waals surface area contributed by atoms with E-state index in [0.717, 1.165) is 38.3 Å². The van der Waals surface area contributed by atoms with Crippen LogP contribution < -0.4 is 5.32 Å². The first-order valence-electron chi connectivity index (χ1n) is 8.14. The summed E-state index contributed by atoms with van der Waals surface area (Å²) in [5.74, 6) is 1.02. The van der Waals surface area contributed by atoms with Crippen molar-refractivity contribution < 1.29 is 14.7 Å². The van der Waals surface area contributed by atoms with Crippen LogP contribution >= 0.6 is 0 Å². The minimum Gasteiger partial charge on any atom is -0.481 e. The Morgan fingerprint density at radius 3 is 2.33 bits per heavy atom. The van der Waals surface area contributed by atoms with Crippen molar-refractivity contribution in [1.29, 1.82) is 0 Å². The normalized spacial score (nSPS) is 17.8. The van der Waals surface area contributed by atoms with Crippen molar-refractivity contribution in [2.45, 2.75) is 52.9 Å². The lowest BCUT2D eigenvalue weighted by Crippen LogP contribution is -2.45. The number of aliphatic carboxylic acids is 1. The average Bonchev–Trinajstić information content (AvgIpc) is 2.45. The molecule has 1 aliphatic heterocycles. The van der Waals surface area contributed by atoms with Gasteiger partial charge in [0.2, 0.25) is 0 Å². The molecule has 5 heteroatoms. The van der Waals surface area contributed by atoms with Crippen LogP contribution in [0.3, 0.4) is 0 Å². The molecule has 0 spiro atoms. The molecule has 21 heavy (non-hydrogen) atoms. The lowest BCUT2D eigenvalue weighted by Gasteiger charge is -2.33. The summed E-state index contributed by atoms with van der Waals surface area (Å²) in [5, 5.41) is 11.6. The number of carboxylic acids is 1. The van der Waals surface area contributed by atoms with Crippen LogP contribution in [0.5, 0.6) is 0 Å². The van der Waals surface area contributed by atoms with Crippen LogP contribution in [-0.4, -0.2) is 41.6 Å². The van der Waals surface area contributed by atoms with Crippen molar-refractivity contribution in [3.8, 4) is 0 Å². The van der Waals surface area contributed by atoms with Crippen LogP contribution in [0.25, 0.3) is 0 Å². The third kappa shape index (κ3) is 6.82. The summed E-state index contributed by atoms with van der Waals surface area (Å²) in [6.45, 7) is 8.86. The van der Waals surface area contributed by atoms with E-state index >= 15 is 0 Å². The first-order valence-corrected chi connectivity index (χ1v) is 8.14. The maximum Gasteiger partial charge on any atom is 0.317 e. The van der Waals surface area contributed by atoms with Gasteiger partial charge in [-0.15, -0.1) is 0 Å². The Morgan fingerprint density at radius 2 is 1.81 bits per heavy atom. The topological polar surface area (TPSA) is 69.6 Å². The molecule has 0 aromatic heterocycles. The lowest BCUT2D eigenvalue weighted by molar-refractivity contribution is -0.137. The minimum absolute atomic E-state index is 0.0302. The van der Waals surface area contributed by atoms with Crippen molar-refractivity contribution in [2.75, 3.05) is 19.6 Å². The van der Waals surface area contributed by atoms with E-state index in [1.165, 1.54) is 0 Å². The van der Waals surface area contributed by atoms with Crippen molar-refractivity contribution in [1.82, 2.24) is 10.2 Å². The van der Waals surface area contributed by atoms with Gasteiger partial charge in [0.15, 0.2) is 0 Å². The third-order valence-corrected chi connectivity index (χ3v) is 4.53. The van der Waals surface area contributed by atoms with Gasteiger partial charge < -0.3 is 15.3 Å². The number of nitrogens with one attached hydrogen (secondary N) is 1. The highest BCUT2D eigenvalue weighted by atomic mass is 16.4. The van der Waals surface area contributed by atoms with Crippen LogP contribution in [0, 0.1) is 17.8 Å². The molecule has 1 rings (SSSR count). The fourth-order valence-electron chi connectivity index (χ4n) is 2.82. The number of urea groups is 1. The number of likely N-dealkylation sites (tertiary alicyclic amines) is 1. The summed E-state index contributed by atoms with van der Waals surface area (Å²) in [6, 6.07) is 0.0302. The molecule has 0 aliphatic carbocycles. The van der Waals surface area contributed by atoms with E-state index in [1.807, 2.05) is 11.8 Å². The predicted octanol–water partition coefficient (Wildman–Crippen LogP) is 2.96. The molecule has 122 valence electrons. The highest BCUT2D eigenvalue weighted by Gasteiger charge is 2.24. The molecule has 1 saturated heterocycles. The largest absolute Gasteiger partial charge is 0.481 e. The van der Waals surface area contributed by atoms with Gasteiger partial charge in [-0.05, 0) is 43.4 Å². The van der Waals surface area contributed by atoms with E-state index in [-0.39, 0.29) is 12.5 Å². The van der Waals surface area contributed by atoms with E-state index in [2.05, 4.69) is 19.2 Å². The molecular formula is C16H30N2O3. The fourth-order valence-corrected chi connectivity index (χ4v) is 2.82. The summed E-state index contributed by atoms with van der Waals surface area (Å²) in [6.07, 6.45) is 3.91. The van der Waals surface area contributed by atoms with Gasteiger partial charge in [-0.1, -0.05) is 20.8 Å². The first-order chi connectivity index (χ1) is 9.90. The number of amides is 2. The second kappa shape index (κ2) is 8.90. The SMILES string of the molecule is CC(CCNC(=O)N1CCC(C(C)C)CC1)CCC(=O)O. The maximum atomic E-state index is 12.0. The highest BCUT2D eigenvalue weighted by molar-refractivity contribution is 5.74. The van der Waals surface area contributed by atoms with Gasteiger partial charge in [0.25, 0.3) is 0 Å². The van der Waals surface area contributed by atoms with Gasteiger partial charge in [-0.2, -0.15) is 0 Å². The molecule has 0 aromatic rings. The number of rotatable bonds is 7. The Kier molecular flexibility index (Phi) is 7.54. The van der Waals surface area contributed by atoms with Crippen LogP contribution in [-0.2, 0) is 4.79 Å². The summed E-state index contributed by atoms with van der Waals surface area (Å²) < 4.78 is 0. The average molecular weight is 298 g/mol.